The Morgan fingerprint density at radius 2 is 1.88 bits per heavy atom. The highest BCUT2D eigenvalue weighted by atomic mass is 35.5. The highest BCUT2D eigenvalue weighted by Crippen LogP contribution is 2.21. The minimum Gasteiger partial charge on any atom is -0.250 e. The quantitative estimate of drug-likeness (QED) is 0.884. The van der Waals surface area contributed by atoms with Gasteiger partial charge < -0.3 is 0 Å². The second-order valence-electron chi connectivity index (χ2n) is 4.96. The predicted molar refractivity (Wildman–Crippen MR) is 72.9 cm³/mol. The Hall–Kier alpha value is -0.570. The number of piperidine rings is 1. The van der Waals surface area contributed by atoms with Crippen LogP contribution in [0.2, 0.25) is 5.02 Å². The van der Waals surface area contributed by atoms with Crippen LogP contribution < -0.4 is 5.43 Å². The third-order valence-corrected chi connectivity index (χ3v) is 3.97. The van der Waals surface area contributed by atoms with Crippen molar-refractivity contribution in [2.75, 3.05) is 0 Å². The fourth-order valence-electron chi connectivity index (χ4n) is 2.55. The van der Waals surface area contributed by atoms with E-state index in [0.29, 0.717) is 12.1 Å². The van der Waals surface area contributed by atoms with Crippen LogP contribution >= 0.6 is 11.6 Å². The molecule has 0 aliphatic carbocycles. The average molecular weight is 253 g/mol. The Balaban J connectivity index is 1.95. The molecule has 1 aliphatic heterocycles. The molecule has 0 amide bonds. The van der Waals surface area contributed by atoms with Crippen LogP contribution in [0.3, 0.4) is 0 Å². The zero-order valence-electron chi connectivity index (χ0n) is 10.6. The van der Waals surface area contributed by atoms with E-state index < -0.39 is 0 Å². The summed E-state index contributed by atoms with van der Waals surface area (Å²) in [6.07, 6.45) is 3.90. The molecule has 2 nitrogen and oxygen atoms in total. The van der Waals surface area contributed by atoms with Gasteiger partial charge in [-0.2, -0.15) is 0 Å². The van der Waals surface area contributed by atoms with Crippen molar-refractivity contribution in [3.8, 4) is 0 Å². The summed E-state index contributed by atoms with van der Waals surface area (Å²) in [5.41, 5.74) is 4.69. The Bertz CT molecular complexity index is 357. The summed E-state index contributed by atoms with van der Waals surface area (Å²) >= 11 is 6.16. The third kappa shape index (κ3) is 3.21. The molecule has 0 aromatic heterocycles. The summed E-state index contributed by atoms with van der Waals surface area (Å²) in [6.45, 7) is 5.39. The number of nitrogens with one attached hydrogen (secondary N) is 1. The molecule has 1 aromatic rings. The Morgan fingerprint density at radius 3 is 2.53 bits per heavy atom. The molecule has 17 heavy (non-hydrogen) atoms. The van der Waals surface area contributed by atoms with Crippen molar-refractivity contribution in [3.05, 3.63) is 34.9 Å². The van der Waals surface area contributed by atoms with Crippen molar-refractivity contribution in [2.24, 2.45) is 0 Å². The number of hydrogen-bond donors (Lipinski definition) is 1. The normalized spacial score (nSPS) is 26.1. The van der Waals surface area contributed by atoms with Crippen LogP contribution in [-0.2, 0) is 6.54 Å². The summed E-state index contributed by atoms with van der Waals surface area (Å²) in [4.78, 5) is 0. The molecule has 1 fully saturated rings. The van der Waals surface area contributed by atoms with Gasteiger partial charge in [0.25, 0.3) is 0 Å². The zero-order valence-corrected chi connectivity index (χ0v) is 11.4. The first-order chi connectivity index (χ1) is 8.18. The van der Waals surface area contributed by atoms with E-state index in [1.54, 1.807) is 0 Å². The number of rotatable bonds is 3. The zero-order chi connectivity index (χ0) is 12.3. The van der Waals surface area contributed by atoms with Crippen molar-refractivity contribution in [3.63, 3.8) is 0 Å². The van der Waals surface area contributed by atoms with E-state index in [9.17, 15) is 0 Å². The number of hydrogen-bond acceptors (Lipinski definition) is 2. The van der Waals surface area contributed by atoms with Gasteiger partial charge in [0.2, 0.25) is 0 Å². The van der Waals surface area contributed by atoms with Crippen molar-refractivity contribution in [2.45, 2.75) is 51.7 Å². The van der Waals surface area contributed by atoms with Gasteiger partial charge in [-0.05, 0) is 38.3 Å². The maximum absolute atomic E-state index is 6.16. The van der Waals surface area contributed by atoms with E-state index in [4.69, 9.17) is 11.6 Å². The molecule has 1 saturated heterocycles. The van der Waals surface area contributed by atoms with Gasteiger partial charge >= 0.3 is 0 Å². The van der Waals surface area contributed by atoms with Gasteiger partial charge in [0, 0.05) is 23.7 Å². The number of benzene rings is 1. The van der Waals surface area contributed by atoms with E-state index in [1.807, 2.05) is 18.2 Å². The van der Waals surface area contributed by atoms with E-state index in [1.165, 1.54) is 24.8 Å². The molecule has 0 spiro atoms. The maximum atomic E-state index is 6.16. The van der Waals surface area contributed by atoms with Crippen LogP contribution in [0.15, 0.2) is 24.3 Å². The molecule has 1 aromatic carbocycles. The molecule has 1 aliphatic rings. The Labute approximate surface area is 109 Å². The minimum atomic E-state index is 0.612. The van der Waals surface area contributed by atoms with Gasteiger partial charge in [-0.1, -0.05) is 36.2 Å². The number of halogens is 1. The predicted octanol–water partition coefficient (Wildman–Crippen LogP) is 3.61. The first-order valence-corrected chi connectivity index (χ1v) is 6.81. The molecule has 1 N–H and O–H groups in total. The molecular formula is C14H21ClN2. The van der Waals surface area contributed by atoms with E-state index in [-0.39, 0.29) is 0 Å². The lowest BCUT2D eigenvalue weighted by atomic mass is 10.00. The summed E-state index contributed by atoms with van der Waals surface area (Å²) < 4.78 is 0. The van der Waals surface area contributed by atoms with Gasteiger partial charge in [0.1, 0.15) is 0 Å². The van der Waals surface area contributed by atoms with E-state index in [2.05, 4.69) is 30.3 Å². The molecule has 0 saturated carbocycles. The second-order valence-corrected chi connectivity index (χ2v) is 5.37. The monoisotopic (exact) mass is 252 g/mol. The smallest absolute Gasteiger partial charge is 0.0451 e. The summed E-state index contributed by atoms with van der Waals surface area (Å²) in [5.74, 6) is 0. The van der Waals surface area contributed by atoms with E-state index in [0.717, 1.165) is 11.6 Å². The molecule has 0 radical (unpaired) electrons. The van der Waals surface area contributed by atoms with Gasteiger partial charge in [0.15, 0.2) is 0 Å². The summed E-state index contributed by atoms with van der Waals surface area (Å²) in [5, 5.41) is 3.23. The minimum absolute atomic E-state index is 0.612. The fraction of sp³-hybridized carbons (Fsp3) is 0.571. The lowest BCUT2D eigenvalue weighted by Gasteiger charge is -2.39. The fourth-order valence-corrected chi connectivity index (χ4v) is 2.75. The standard InChI is InChI=1S/C14H21ClN2/c1-11-6-5-7-12(2)17(11)16-10-13-8-3-4-9-14(13)15/h3-4,8-9,11-12,16H,5-7,10H2,1-2H3. The topological polar surface area (TPSA) is 15.3 Å². The molecule has 3 heteroatoms. The van der Waals surface area contributed by atoms with Crippen molar-refractivity contribution >= 4 is 11.6 Å². The van der Waals surface area contributed by atoms with Gasteiger partial charge in [-0.25, -0.2) is 5.01 Å². The molecule has 2 rings (SSSR count). The van der Waals surface area contributed by atoms with Gasteiger partial charge in [0.05, 0.1) is 0 Å². The molecule has 0 bridgehead atoms. The van der Waals surface area contributed by atoms with Crippen LogP contribution in [0.5, 0.6) is 0 Å². The van der Waals surface area contributed by atoms with Crippen LogP contribution in [0.25, 0.3) is 0 Å². The SMILES string of the molecule is CC1CCCC(C)N1NCc1ccccc1Cl. The van der Waals surface area contributed by atoms with Gasteiger partial charge in [-0.15, -0.1) is 0 Å². The average Bonchev–Trinajstić information content (AvgIpc) is 2.30. The lowest BCUT2D eigenvalue weighted by molar-refractivity contribution is 0.0436. The number of nitrogens with zero attached hydrogens (tertiary/aromatic N) is 1. The van der Waals surface area contributed by atoms with Crippen LogP contribution in [-0.4, -0.2) is 17.1 Å². The molecule has 94 valence electrons. The third-order valence-electron chi connectivity index (χ3n) is 3.60. The molecule has 1 heterocycles. The second kappa shape index (κ2) is 5.85. The first kappa shape index (κ1) is 12.9. The van der Waals surface area contributed by atoms with Crippen molar-refractivity contribution in [1.29, 1.82) is 0 Å². The van der Waals surface area contributed by atoms with E-state index >= 15 is 0 Å². The van der Waals surface area contributed by atoms with Crippen molar-refractivity contribution < 1.29 is 0 Å². The lowest BCUT2D eigenvalue weighted by Crippen LogP contribution is -2.51. The molecular weight excluding hydrogens is 232 g/mol. The molecule has 2 unspecified atom stereocenters. The van der Waals surface area contributed by atoms with Crippen LogP contribution in [0, 0.1) is 0 Å². The van der Waals surface area contributed by atoms with Crippen LogP contribution in [0.1, 0.15) is 38.7 Å². The van der Waals surface area contributed by atoms with Crippen LogP contribution in [0.4, 0.5) is 0 Å². The Kier molecular flexibility index (Phi) is 4.43. The molecule has 2 atom stereocenters. The van der Waals surface area contributed by atoms with Gasteiger partial charge in [-0.3, -0.25) is 5.43 Å². The first-order valence-electron chi connectivity index (χ1n) is 6.43. The number of hydrazine groups is 1. The summed E-state index contributed by atoms with van der Waals surface area (Å²) in [7, 11) is 0. The Morgan fingerprint density at radius 1 is 1.24 bits per heavy atom. The highest BCUT2D eigenvalue weighted by molar-refractivity contribution is 6.31. The largest absolute Gasteiger partial charge is 0.250 e. The maximum Gasteiger partial charge on any atom is 0.0451 e. The summed E-state index contributed by atoms with van der Waals surface area (Å²) in [6, 6.07) is 9.25. The highest BCUT2D eigenvalue weighted by Gasteiger charge is 2.24. The van der Waals surface area contributed by atoms with Crippen molar-refractivity contribution in [1.82, 2.24) is 10.4 Å².